The number of carbonyl (C=O) groups excluding carboxylic acids is 1. The molecule has 0 aliphatic heterocycles. The van der Waals surface area contributed by atoms with Gasteiger partial charge in [-0.25, -0.2) is 0 Å². The number of carbonyl (C=O) groups is 1. The number of anilines is 1. The molecule has 1 heterocycles. The van der Waals surface area contributed by atoms with Crippen LogP contribution >= 0.6 is 0 Å². The van der Waals surface area contributed by atoms with Gasteiger partial charge in [0.15, 0.2) is 0 Å². The largest absolute Gasteiger partial charge is 0.397 e. The molecular weight excluding hydrogens is 252 g/mol. The SMILES string of the molecule is Cc1cc2cccc(N)c2n1C(=O)C1CCC(O)CC1. The highest BCUT2D eigenvalue weighted by Gasteiger charge is 2.28. The van der Waals surface area contributed by atoms with Crippen LogP contribution in [0.2, 0.25) is 0 Å². The molecule has 0 unspecified atom stereocenters. The first-order valence-corrected chi connectivity index (χ1v) is 7.16. The van der Waals surface area contributed by atoms with E-state index in [0.717, 1.165) is 29.4 Å². The van der Waals surface area contributed by atoms with Crippen LogP contribution in [-0.2, 0) is 0 Å². The van der Waals surface area contributed by atoms with Crippen LogP contribution in [0.15, 0.2) is 24.3 Å². The smallest absolute Gasteiger partial charge is 0.234 e. The first kappa shape index (κ1) is 13.2. The molecular formula is C16H20N2O2. The van der Waals surface area contributed by atoms with Crippen molar-refractivity contribution in [1.82, 2.24) is 4.57 Å². The fraction of sp³-hybridized carbons (Fsp3) is 0.438. The number of aliphatic hydroxyl groups excluding tert-OH is 1. The number of aliphatic hydroxyl groups is 1. The predicted octanol–water partition coefficient (Wildman–Crippen LogP) is 2.72. The Balaban J connectivity index is 2.01. The van der Waals surface area contributed by atoms with Crippen LogP contribution in [0.4, 0.5) is 5.69 Å². The first-order chi connectivity index (χ1) is 9.58. The van der Waals surface area contributed by atoms with E-state index in [4.69, 9.17) is 5.73 Å². The summed E-state index contributed by atoms with van der Waals surface area (Å²) in [5.74, 6) is 0.106. The van der Waals surface area contributed by atoms with E-state index in [1.807, 2.05) is 31.2 Å². The van der Waals surface area contributed by atoms with Gasteiger partial charge in [-0.15, -0.1) is 0 Å². The molecule has 1 aliphatic carbocycles. The second kappa shape index (κ2) is 4.94. The number of hydrogen-bond acceptors (Lipinski definition) is 3. The molecule has 4 nitrogen and oxygen atoms in total. The Morgan fingerprint density at radius 3 is 2.70 bits per heavy atom. The van der Waals surface area contributed by atoms with Crippen molar-refractivity contribution in [3.8, 4) is 0 Å². The third-order valence-electron chi connectivity index (χ3n) is 4.31. The van der Waals surface area contributed by atoms with Gasteiger partial charge in [-0.3, -0.25) is 9.36 Å². The normalized spacial score (nSPS) is 23.1. The van der Waals surface area contributed by atoms with E-state index in [2.05, 4.69) is 0 Å². The van der Waals surface area contributed by atoms with Crippen LogP contribution < -0.4 is 5.73 Å². The summed E-state index contributed by atoms with van der Waals surface area (Å²) < 4.78 is 1.76. The van der Waals surface area contributed by atoms with Crippen molar-refractivity contribution in [2.75, 3.05) is 5.73 Å². The van der Waals surface area contributed by atoms with Crippen LogP contribution in [0.5, 0.6) is 0 Å². The maximum Gasteiger partial charge on any atom is 0.234 e. The van der Waals surface area contributed by atoms with Crippen LogP contribution in [0, 0.1) is 12.8 Å². The lowest BCUT2D eigenvalue weighted by Gasteiger charge is -2.25. The zero-order chi connectivity index (χ0) is 14.3. The number of aryl methyl sites for hydroxylation is 1. The summed E-state index contributed by atoms with van der Waals surface area (Å²) in [6.07, 6.45) is 2.69. The second-order valence-corrected chi connectivity index (χ2v) is 5.75. The van der Waals surface area contributed by atoms with Crippen molar-refractivity contribution in [3.05, 3.63) is 30.0 Å². The molecule has 1 saturated carbocycles. The summed E-state index contributed by atoms with van der Waals surface area (Å²) in [5.41, 5.74) is 8.43. The fourth-order valence-electron chi connectivity index (χ4n) is 3.21. The monoisotopic (exact) mass is 272 g/mol. The summed E-state index contributed by atoms with van der Waals surface area (Å²) in [5, 5.41) is 10.6. The van der Waals surface area contributed by atoms with Crippen molar-refractivity contribution >= 4 is 22.5 Å². The van der Waals surface area contributed by atoms with Crippen molar-refractivity contribution in [3.63, 3.8) is 0 Å². The molecule has 0 bridgehead atoms. The standard InChI is InChI=1S/C16H20N2O2/c1-10-9-12-3-2-4-14(17)15(12)18(10)16(20)11-5-7-13(19)8-6-11/h2-4,9,11,13,19H,5-8,17H2,1H3. The van der Waals surface area contributed by atoms with Gasteiger partial charge in [-0.1, -0.05) is 12.1 Å². The van der Waals surface area contributed by atoms with E-state index >= 15 is 0 Å². The van der Waals surface area contributed by atoms with Crippen molar-refractivity contribution in [1.29, 1.82) is 0 Å². The summed E-state index contributed by atoms with van der Waals surface area (Å²) >= 11 is 0. The molecule has 1 aliphatic rings. The number of para-hydroxylation sites is 1. The van der Waals surface area contributed by atoms with Crippen molar-refractivity contribution < 1.29 is 9.90 Å². The van der Waals surface area contributed by atoms with E-state index in [1.165, 1.54) is 0 Å². The van der Waals surface area contributed by atoms with E-state index in [0.29, 0.717) is 18.5 Å². The molecule has 1 aromatic heterocycles. The highest BCUT2D eigenvalue weighted by Crippen LogP contribution is 2.30. The van der Waals surface area contributed by atoms with Crippen molar-refractivity contribution in [2.24, 2.45) is 5.92 Å². The lowest BCUT2D eigenvalue weighted by atomic mass is 9.87. The summed E-state index contributed by atoms with van der Waals surface area (Å²) in [7, 11) is 0. The molecule has 3 rings (SSSR count). The minimum atomic E-state index is -0.244. The number of benzene rings is 1. The van der Waals surface area contributed by atoms with Gasteiger partial charge in [0.05, 0.1) is 17.3 Å². The molecule has 2 aromatic rings. The first-order valence-electron chi connectivity index (χ1n) is 7.16. The molecule has 3 N–H and O–H groups in total. The number of rotatable bonds is 1. The van der Waals surface area contributed by atoms with Crippen LogP contribution in [0.3, 0.4) is 0 Å². The zero-order valence-electron chi connectivity index (χ0n) is 11.7. The average molecular weight is 272 g/mol. The third kappa shape index (κ3) is 2.10. The summed E-state index contributed by atoms with van der Waals surface area (Å²) in [6, 6.07) is 7.72. The Hall–Kier alpha value is -1.81. The van der Waals surface area contributed by atoms with Gasteiger partial charge in [0.2, 0.25) is 5.91 Å². The van der Waals surface area contributed by atoms with E-state index in [-0.39, 0.29) is 17.9 Å². The van der Waals surface area contributed by atoms with Gasteiger partial charge in [0, 0.05) is 17.0 Å². The maximum absolute atomic E-state index is 12.8. The zero-order valence-corrected chi connectivity index (χ0v) is 11.7. The Morgan fingerprint density at radius 1 is 1.30 bits per heavy atom. The molecule has 20 heavy (non-hydrogen) atoms. The van der Waals surface area contributed by atoms with Gasteiger partial charge >= 0.3 is 0 Å². The molecule has 106 valence electrons. The molecule has 4 heteroatoms. The molecule has 1 fully saturated rings. The Bertz CT molecular complexity index is 652. The summed E-state index contributed by atoms with van der Waals surface area (Å²) in [4.78, 5) is 12.8. The Kier molecular flexibility index (Phi) is 3.26. The lowest BCUT2D eigenvalue weighted by Crippen LogP contribution is -2.28. The average Bonchev–Trinajstić information content (AvgIpc) is 2.76. The minimum absolute atomic E-state index is 0.00712. The summed E-state index contributed by atoms with van der Waals surface area (Å²) in [6.45, 7) is 1.94. The topological polar surface area (TPSA) is 68.2 Å². The van der Waals surface area contributed by atoms with E-state index in [1.54, 1.807) is 4.57 Å². The maximum atomic E-state index is 12.8. The Morgan fingerprint density at radius 2 is 2.00 bits per heavy atom. The van der Waals surface area contributed by atoms with Crippen LogP contribution in [0.25, 0.3) is 10.9 Å². The fourth-order valence-corrected chi connectivity index (χ4v) is 3.21. The van der Waals surface area contributed by atoms with Gasteiger partial charge < -0.3 is 10.8 Å². The quantitative estimate of drug-likeness (QED) is 0.784. The Labute approximate surface area is 118 Å². The third-order valence-corrected chi connectivity index (χ3v) is 4.31. The second-order valence-electron chi connectivity index (χ2n) is 5.75. The number of nitrogen functional groups attached to an aromatic ring is 1. The van der Waals surface area contributed by atoms with E-state index < -0.39 is 0 Å². The number of fused-ring (bicyclic) bond motifs is 1. The highest BCUT2D eigenvalue weighted by atomic mass is 16.3. The van der Waals surface area contributed by atoms with Crippen LogP contribution in [0.1, 0.15) is 36.2 Å². The number of nitrogens with zero attached hydrogens (tertiary/aromatic N) is 1. The highest BCUT2D eigenvalue weighted by molar-refractivity contribution is 6.00. The molecule has 0 atom stereocenters. The van der Waals surface area contributed by atoms with E-state index in [9.17, 15) is 9.90 Å². The molecule has 0 saturated heterocycles. The molecule has 0 spiro atoms. The van der Waals surface area contributed by atoms with Gasteiger partial charge in [-0.2, -0.15) is 0 Å². The van der Waals surface area contributed by atoms with Crippen molar-refractivity contribution in [2.45, 2.75) is 38.7 Å². The molecule has 1 aromatic carbocycles. The number of aromatic nitrogens is 1. The lowest BCUT2D eigenvalue weighted by molar-refractivity contribution is 0.0691. The molecule has 0 radical (unpaired) electrons. The number of hydrogen-bond donors (Lipinski definition) is 2. The predicted molar refractivity (Wildman–Crippen MR) is 79.7 cm³/mol. The van der Waals surface area contributed by atoms with Gasteiger partial charge in [0.25, 0.3) is 0 Å². The minimum Gasteiger partial charge on any atom is -0.397 e. The number of nitrogens with two attached hydrogens (primary N) is 1. The molecule has 0 amide bonds. The van der Waals surface area contributed by atoms with Gasteiger partial charge in [-0.05, 0) is 44.7 Å². The van der Waals surface area contributed by atoms with Gasteiger partial charge in [0.1, 0.15) is 0 Å². The van der Waals surface area contributed by atoms with Crippen LogP contribution in [-0.4, -0.2) is 21.7 Å².